The van der Waals surface area contributed by atoms with Gasteiger partial charge in [0.05, 0.1) is 16.9 Å². The fourth-order valence-corrected chi connectivity index (χ4v) is 9.32. The smallest absolute Gasteiger partial charge is 0.330 e. The number of Topliss-reactive ketones (excluding diaryl/α,β-unsaturated/α-hetero) is 1. The first-order valence-corrected chi connectivity index (χ1v) is 12.9. The molecular formula is C23H24O7S2. The van der Waals surface area contributed by atoms with Crippen LogP contribution in [-0.2, 0) is 34.0 Å². The minimum absolute atomic E-state index is 0.0841. The molecule has 1 atom stereocenters. The highest BCUT2D eigenvalue weighted by atomic mass is 32.3. The maximum absolute atomic E-state index is 13.9. The van der Waals surface area contributed by atoms with Crippen LogP contribution in [0.15, 0.2) is 82.1 Å². The Kier molecular flexibility index (Phi) is 6.71. The minimum atomic E-state index is -4.44. The van der Waals surface area contributed by atoms with E-state index in [9.17, 15) is 26.4 Å². The SMILES string of the molecule is COC(=O)/C=C1/CC(S(=O)(=O)c2ccccc2)(S(=O)(=O)c2ccccc2)CC1CC(C)=O. The number of benzene rings is 2. The van der Waals surface area contributed by atoms with Crippen LogP contribution in [-0.4, -0.2) is 39.8 Å². The number of ketones is 1. The van der Waals surface area contributed by atoms with E-state index in [1.807, 2.05) is 0 Å². The number of rotatable bonds is 7. The Morgan fingerprint density at radius 2 is 1.41 bits per heavy atom. The standard InChI is InChI=1S/C23H24O7S2/c1-17(24)13-18-15-23(16-19(18)14-22(25)30-2,31(26,27)20-9-5-3-6-10-20)32(28,29)21-11-7-4-8-12-21/h3-12,14,18H,13,15-16H2,1-2H3/b19-14-. The molecule has 0 radical (unpaired) electrons. The van der Waals surface area contributed by atoms with Crippen molar-refractivity contribution in [2.45, 2.75) is 40.1 Å². The molecule has 7 nitrogen and oxygen atoms in total. The first-order valence-electron chi connectivity index (χ1n) is 9.92. The van der Waals surface area contributed by atoms with Crippen LogP contribution >= 0.6 is 0 Å². The monoisotopic (exact) mass is 476 g/mol. The van der Waals surface area contributed by atoms with Crippen LogP contribution in [0.5, 0.6) is 0 Å². The molecule has 0 saturated heterocycles. The lowest BCUT2D eigenvalue weighted by molar-refractivity contribution is -0.135. The van der Waals surface area contributed by atoms with Crippen molar-refractivity contribution >= 4 is 31.4 Å². The molecule has 0 N–H and O–H groups in total. The molecule has 2 aromatic rings. The highest BCUT2D eigenvalue weighted by molar-refractivity contribution is 8.10. The van der Waals surface area contributed by atoms with Crippen molar-refractivity contribution in [2.75, 3.05) is 7.11 Å². The maximum atomic E-state index is 13.9. The Balaban J connectivity index is 2.30. The molecule has 0 bridgehead atoms. The number of carbonyl (C=O) groups is 2. The molecule has 32 heavy (non-hydrogen) atoms. The molecule has 0 amide bonds. The average molecular weight is 477 g/mol. The summed E-state index contributed by atoms with van der Waals surface area (Å²) in [7, 11) is -7.72. The summed E-state index contributed by atoms with van der Waals surface area (Å²) in [5.74, 6) is -1.71. The normalized spacial score (nSPS) is 19.6. The zero-order valence-electron chi connectivity index (χ0n) is 17.7. The number of allylic oxidation sites excluding steroid dienone is 1. The van der Waals surface area contributed by atoms with Gasteiger partial charge in [0, 0.05) is 18.9 Å². The third-order valence-corrected chi connectivity index (χ3v) is 11.4. The minimum Gasteiger partial charge on any atom is -0.466 e. The van der Waals surface area contributed by atoms with Crippen LogP contribution in [0.2, 0.25) is 0 Å². The second-order valence-electron chi connectivity index (χ2n) is 7.77. The van der Waals surface area contributed by atoms with Crippen LogP contribution in [0.25, 0.3) is 0 Å². The van der Waals surface area contributed by atoms with Gasteiger partial charge in [-0.25, -0.2) is 21.6 Å². The van der Waals surface area contributed by atoms with Crippen molar-refractivity contribution in [1.82, 2.24) is 0 Å². The summed E-state index contributed by atoms with van der Waals surface area (Å²) < 4.78 is 58.0. The lowest BCUT2D eigenvalue weighted by Crippen LogP contribution is -2.44. The van der Waals surface area contributed by atoms with Crippen LogP contribution in [0.4, 0.5) is 0 Å². The van der Waals surface area contributed by atoms with E-state index >= 15 is 0 Å². The Morgan fingerprint density at radius 3 is 1.81 bits per heavy atom. The van der Waals surface area contributed by atoms with Gasteiger partial charge in [-0.1, -0.05) is 42.0 Å². The van der Waals surface area contributed by atoms with Crippen LogP contribution in [0.1, 0.15) is 26.2 Å². The van der Waals surface area contributed by atoms with Gasteiger partial charge in [0.2, 0.25) is 0 Å². The zero-order valence-corrected chi connectivity index (χ0v) is 19.4. The Bertz CT molecular complexity index is 1180. The first kappa shape index (κ1) is 23.9. The third-order valence-electron chi connectivity index (χ3n) is 5.68. The molecule has 9 heteroatoms. The van der Waals surface area contributed by atoms with E-state index < -0.39 is 42.1 Å². The molecule has 3 rings (SSSR count). The number of ether oxygens (including phenoxy) is 1. The van der Waals surface area contributed by atoms with Gasteiger partial charge in [0.15, 0.2) is 23.8 Å². The molecule has 0 heterocycles. The van der Waals surface area contributed by atoms with E-state index in [1.54, 1.807) is 12.1 Å². The Labute approximate surface area is 187 Å². The maximum Gasteiger partial charge on any atom is 0.330 e. The number of carbonyl (C=O) groups excluding carboxylic acids is 2. The highest BCUT2D eigenvalue weighted by Crippen LogP contribution is 2.52. The molecule has 0 aliphatic heterocycles. The predicted octanol–water partition coefficient (Wildman–Crippen LogP) is 3.12. The third kappa shape index (κ3) is 4.14. The van der Waals surface area contributed by atoms with E-state index in [-0.39, 0.29) is 34.0 Å². The van der Waals surface area contributed by atoms with Gasteiger partial charge < -0.3 is 9.53 Å². The molecule has 2 aromatic carbocycles. The van der Waals surface area contributed by atoms with Gasteiger partial charge >= 0.3 is 5.97 Å². The van der Waals surface area contributed by atoms with Gasteiger partial charge in [0.25, 0.3) is 0 Å². The van der Waals surface area contributed by atoms with E-state index in [1.165, 1.54) is 62.6 Å². The summed E-state index contributed by atoms with van der Waals surface area (Å²) in [4.78, 5) is 23.6. The molecule has 1 unspecified atom stereocenters. The first-order chi connectivity index (χ1) is 15.0. The molecule has 170 valence electrons. The average Bonchev–Trinajstić information content (AvgIpc) is 3.14. The van der Waals surface area contributed by atoms with Gasteiger partial charge in [-0.2, -0.15) is 0 Å². The van der Waals surface area contributed by atoms with E-state index in [0.717, 1.165) is 6.08 Å². The largest absolute Gasteiger partial charge is 0.466 e. The summed E-state index contributed by atoms with van der Waals surface area (Å²) in [6.07, 6.45) is 0.244. The molecule has 1 saturated carbocycles. The number of sulfone groups is 2. The summed E-state index contributed by atoms with van der Waals surface area (Å²) in [6, 6.07) is 14.7. The molecular weight excluding hydrogens is 452 g/mol. The summed E-state index contributed by atoms with van der Waals surface area (Å²) in [5, 5.41) is 0. The van der Waals surface area contributed by atoms with Crippen molar-refractivity contribution < 1.29 is 31.2 Å². The molecule has 0 aromatic heterocycles. The van der Waals surface area contributed by atoms with Crippen molar-refractivity contribution in [3.8, 4) is 0 Å². The quantitative estimate of drug-likeness (QED) is 0.446. The van der Waals surface area contributed by atoms with Gasteiger partial charge in [0.1, 0.15) is 5.78 Å². The number of hydrogen-bond donors (Lipinski definition) is 0. The lowest BCUT2D eigenvalue weighted by Gasteiger charge is -2.29. The molecule has 1 aliphatic rings. The predicted molar refractivity (Wildman–Crippen MR) is 118 cm³/mol. The summed E-state index contributed by atoms with van der Waals surface area (Å²) >= 11 is 0. The van der Waals surface area contributed by atoms with Crippen molar-refractivity contribution in [3.05, 3.63) is 72.3 Å². The topological polar surface area (TPSA) is 112 Å². The fraction of sp³-hybridized carbons (Fsp3) is 0.304. The summed E-state index contributed by atoms with van der Waals surface area (Å²) in [5.41, 5.74) is 0.270. The highest BCUT2D eigenvalue weighted by Gasteiger charge is 2.61. The fourth-order valence-electron chi connectivity index (χ4n) is 4.15. The van der Waals surface area contributed by atoms with Crippen LogP contribution in [0.3, 0.4) is 0 Å². The molecule has 1 aliphatic carbocycles. The number of esters is 1. The number of hydrogen-bond acceptors (Lipinski definition) is 7. The van der Waals surface area contributed by atoms with Crippen molar-refractivity contribution in [2.24, 2.45) is 5.92 Å². The van der Waals surface area contributed by atoms with E-state index in [4.69, 9.17) is 0 Å². The molecule has 1 fully saturated rings. The van der Waals surface area contributed by atoms with E-state index in [0.29, 0.717) is 0 Å². The van der Waals surface area contributed by atoms with Crippen molar-refractivity contribution in [3.63, 3.8) is 0 Å². The van der Waals surface area contributed by atoms with Crippen molar-refractivity contribution in [1.29, 1.82) is 0 Å². The molecule has 0 spiro atoms. The van der Waals surface area contributed by atoms with Gasteiger partial charge in [-0.15, -0.1) is 0 Å². The Morgan fingerprint density at radius 1 is 0.938 bits per heavy atom. The Hall–Kier alpha value is -2.78. The zero-order chi connectivity index (χ0) is 23.6. The lowest BCUT2D eigenvalue weighted by atomic mass is 9.97. The summed E-state index contributed by atoms with van der Waals surface area (Å²) in [6.45, 7) is 1.34. The van der Waals surface area contributed by atoms with Crippen LogP contribution in [0, 0.1) is 5.92 Å². The second kappa shape index (κ2) is 8.99. The van der Waals surface area contributed by atoms with Gasteiger partial charge in [-0.05, 0) is 43.5 Å². The second-order valence-corrected chi connectivity index (χ2v) is 12.5. The van der Waals surface area contributed by atoms with Crippen LogP contribution < -0.4 is 0 Å². The number of methoxy groups -OCH3 is 1. The van der Waals surface area contributed by atoms with E-state index in [2.05, 4.69) is 4.74 Å². The van der Waals surface area contributed by atoms with Gasteiger partial charge in [-0.3, -0.25) is 0 Å².